The molecular formula is C18H22FN5O2. The van der Waals surface area contributed by atoms with Gasteiger partial charge in [0.1, 0.15) is 5.82 Å². The summed E-state index contributed by atoms with van der Waals surface area (Å²) in [6.07, 6.45) is 0. The average Bonchev–Trinajstić information content (AvgIpc) is 2.65. The number of hydrogen-bond donors (Lipinski definition) is 1. The van der Waals surface area contributed by atoms with Crippen LogP contribution in [-0.2, 0) is 0 Å². The smallest absolute Gasteiger partial charge is 0.323 e. The third-order valence-electron chi connectivity index (χ3n) is 4.45. The van der Waals surface area contributed by atoms with Gasteiger partial charge >= 0.3 is 6.03 Å². The van der Waals surface area contributed by atoms with Crippen LogP contribution in [0.5, 0.6) is 5.88 Å². The number of aryl methyl sites for hydroxylation is 2. The van der Waals surface area contributed by atoms with Gasteiger partial charge in [0.05, 0.1) is 24.2 Å². The normalized spacial score (nSPS) is 14.3. The van der Waals surface area contributed by atoms with Gasteiger partial charge in [-0.3, -0.25) is 5.32 Å². The van der Waals surface area contributed by atoms with Crippen molar-refractivity contribution in [3.8, 4) is 5.88 Å². The SMILES string of the molecule is COc1nc(C)c(C)nc1NC(=O)N1CCN(c2ccccc2F)CC1. The summed E-state index contributed by atoms with van der Waals surface area (Å²) >= 11 is 0. The predicted molar refractivity (Wildman–Crippen MR) is 97.3 cm³/mol. The number of para-hydroxylation sites is 1. The van der Waals surface area contributed by atoms with Gasteiger partial charge in [0.15, 0.2) is 5.82 Å². The van der Waals surface area contributed by atoms with Gasteiger partial charge in [-0.2, -0.15) is 0 Å². The van der Waals surface area contributed by atoms with Crippen molar-refractivity contribution in [2.24, 2.45) is 0 Å². The van der Waals surface area contributed by atoms with E-state index in [1.165, 1.54) is 13.2 Å². The van der Waals surface area contributed by atoms with E-state index in [-0.39, 0.29) is 17.7 Å². The first-order chi connectivity index (χ1) is 12.5. The highest BCUT2D eigenvalue weighted by molar-refractivity contribution is 5.89. The molecule has 2 aromatic rings. The molecular weight excluding hydrogens is 337 g/mol. The van der Waals surface area contributed by atoms with Gasteiger partial charge in [-0.25, -0.2) is 19.2 Å². The summed E-state index contributed by atoms with van der Waals surface area (Å²) in [4.78, 5) is 24.8. The highest BCUT2D eigenvalue weighted by Gasteiger charge is 2.24. The maximum atomic E-state index is 13.9. The molecule has 138 valence electrons. The number of nitrogens with one attached hydrogen (secondary N) is 1. The van der Waals surface area contributed by atoms with Crippen LogP contribution in [0.4, 0.5) is 20.7 Å². The Balaban J connectivity index is 1.64. The molecule has 8 heteroatoms. The van der Waals surface area contributed by atoms with Crippen molar-refractivity contribution >= 4 is 17.5 Å². The van der Waals surface area contributed by atoms with Crippen LogP contribution in [0.1, 0.15) is 11.4 Å². The van der Waals surface area contributed by atoms with E-state index in [9.17, 15) is 9.18 Å². The lowest BCUT2D eigenvalue weighted by atomic mass is 10.2. The first-order valence-electron chi connectivity index (χ1n) is 8.44. The number of amides is 2. The topological polar surface area (TPSA) is 70.6 Å². The summed E-state index contributed by atoms with van der Waals surface area (Å²) in [5.74, 6) is 0.337. The van der Waals surface area contributed by atoms with Gasteiger partial charge in [-0.1, -0.05) is 12.1 Å². The van der Waals surface area contributed by atoms with Crippen LogP contribution in [0.15, 0.2) is 24.3 Å². The molecule has 1 aromatic carbocycles. The van der Waals surface area contributed by atoms with Gasteiger partial charge in [0.25, 0.3) is 5.88 Å². The summed E-state index contributed by atoms with van der Waals surface area (Å²) in [5, 5.41) is 2.76. The Bertz CT molecular complexity index is 806. The number of carbonyl (C=O) groups is 1. The number of methoxy groups -OCH3 is 1. The van der Waals surface area contributed by atoms with E-state index in [1.807, 2.05) is 24.8 Å². The summed E-state index contributed by atoms with van der Waals surface area (Å²) in [7, 11) is 1.49. The van der Waals surface area contributed by atoms with E-state index in [2.05, 4.69) is 15.3 Å². The lowest BCUT2D eigenvalue weighted by Gasteiger charge is -2.36. The predicted octanol–water partition coefficient (Wildman–Crippen LogP) is 2.60. The number of benzene rings is 1. The fourth-order valence-electron chi connectivity index (χ4n) is 2.85. The fraction of sp³-hybridized carbons (Fsp3) is 0.389. The van der Waals surface area contributed by atoms with Gasteiger partial charge in [0, 0.05) is 26.2 Å². The largest absolute Gasteiger partial charge is 0.478 e. The number of nitrogens with zero attached hydrogens (tertiary/aromatic N) is 4. The standard InChI is InChI=1S/C18H22FN5O2/c1-12-13(2)21-17(26-3)16(20-12)22-18(25)24-10-8-23(9-11-24)15-7-5-4-6-14(15)19/h4-7H,8-11H2,1-3H3,(H,20,22,25). The molecule has 1 fully saturated rings. The Morgan fingerprint density at radius 2 is 1.77 bits per heavy atom. The van der Waals surface area contributed by atoms with Crippen molar-refractivity contribution in [3.63, 3.8) is 0 Å². The average molecular weight is 359 g/mol. The summed E-state index contributed by atoms with van der Waals surface area (Å²) in [6, 6.07) is 6.40. The molecule has 0 radical (unpaired) electrons. The number of ether oxygens (including phenoxy) is 1. The van der Waals surface area contributed by atoms with E-state index >= 15 is 0 Å². The zero-order valence-corrected chi connectivity index (χ0v) is 15.1. The van der Waals surface area contributed by atoms with Crippen LogP contribution in [0.3, 0.4) is 0 Å². The van der Waals surface area contributed by atoms with Crippen LogP contribution < -0.4 is 15.0 Å². The zero-order chi connectivity index (χ0) is 18.7. The van der Waals surface area contributed by atoms with Crippen LogP contribution in [0, 0.1) is 19.7 Å². The summed E-state index contributed by atoms with van der Waals surface area (Å²) in [6.45, 7) is 5.75. The number of aromatic nitrogens is 2. The van der Waals surface area contributed by atoms with Gasteiger partial charge in [0.2, 0.25) is 0 Å². The highest BCUT2D eigenvalue weighted by atomic mass is 19.1. The van der Waals surface area contributed by atoms with Crippen molar-refractivity contribution in [2.75, 3.05) is 43.5 Å². The van der Waals surface area contributed by atoms with Gasteiger partial charge < -0.3 is 14.5 Å². The maximum absolute atomic E-state index is 13.9. The number of halogens is 1. The van der Waals surface area contributed by atoms with Crippen molar-refractivity contribution in [1.29, 1.82) is 0 Å². The van der Waals surface area contributed by atoms with Crippen molar-refractivity contribution in [1.82, 2.24) is 14.9 Å². The fourth-order valence-corrected chi connectivity index (χ4v) is 2.85. The number of urea groups is 1. The Kier molecular flexibility index (Phi) is 5.20. The number of carbonyl (C=O) groups excluding carboxylic acids is 1. The highest BCUT2D eigenvalue weighted by Crippen LogP contribution is 2.23. The van der Waals surface area contributed by atoms with E-state index in [0.717, 1.165) is 11.4 Å². The van der Waals surface area contributed by atoms with Gasteiger partial charge in [-0.05, 0) is 26.0 Å². The van der Waals surface area contributed by atoms with E-state index in [4.69, 9.17) is 4.74 Å². The first kappa shape index (κ1) is 17.9. The number of anilines is 2. The van der Waals surface area contributed by atoms with E-state index in [0.29, 0.717) is 37.7 Å². The lowest BCUT2D eigenvalue weighted by Crippen LogP contribution is -2.50. The quantitative estimate of drug-likeness (QED) is 0.912. The number of rotatable bonds is 3. The van der Waals surface area contributed by atoms with Crippen LogP contribution in [-0.4, -0.2) is 54.2 Å². The molecule has 26 heavy (non-hydrogen) atoms. The molecule has 0 saturated carbocycles. The minimum absolute atomic E-state index is 0.249. The Hall–Kier alpha value is -2.90. The second kappa shape index (κ2) is 7.55. The Morgan fingerprint density at radius 3 is 2.42 bits per heavy atom. The van der Waals surface area contributed by atoms with Crippen LogP contribution in [0.2, 0.25) is 0 Å². The summed E-state index contributed by atoms with van der Waals surface area (Å²) < 4.78 is 19.1. The van der Waals surface area contributed by atoms with E-state index < -0.39 is 0 Å². The minimum Gasteiger partial charge on any atom is -0.478 e. The Labute approximate surface area is 151 Å². The zero-order valence-electron chi connectivity index (χ0n) is 15.1. The Morgan fingerprint density at radius 1 is 1.12 bits per heavy atom. The van der Waals surface area contributed by atoms with Crippen LogP contribution >= 0.6 is 0 Å². The molecule has 1 aliphatic rings. The van der Waals surface area contributed by atoms with Crippen LogP contribution in [0.25, 0.3) is 0 Å². The molecule has 0 atom stereocenters. The van der Waals surface area contributed by atoms with Crippen molar-refractivity contribution < 1.29 is 13.9 Å². The van der Waals surface area contributed by atoms with E-state index in [1.54, 1.807) is 17.0 Å². The molecule has 1 N–H and O–H groups in total. The third kappa shape index (κ3) is 3.68. The molecule has 2 heterocycles. The molecule has 7 nitrogen and oxygen atoms in total. The maximum Gasteiger partial charge on any atom is 0.323 e. The van der Waals surface area contributed by atoms with Crippen molar-refractivity contribution in [3.05, 3.63) is 41.5 Å². The third-order valence-corrected chi connectivity index (χ3v) is 4.45. The second-order valence-corrected chi connectivity index (χ2v) is 6.11. The molecule has 0 spiro atoms. The molecule has 1 aliphatic heterocycles. The number of piperazine rings is 1. The second-order valence-electron chi connectivity index (χ2n) is 6.11. The number of hydrogen-bond acceptors (Lipinski definition) is 5. The molecule has 2 amide bonds. The van der Waals surface area contributed by atoms with Gasteiger partial charge in [-0.15, -0.1) is 0 Å². The molecule has 0 aliphatic carbocycles. The first-order valence-corrected chi connectivity index (χ1v) is 8.44. The molecule has 1 aromatic heterocycles. The molecule has 1 saturated heterocycles. The molecule has 0 unspecified atom stereocenters. The van der Waals surface area contributed by atoms with Crippen molar-refractivity contribution in [2.45, 2.75) is 13.8 Å². The lowest BCUT2D eigenvalue weighted by molar-refractivity contribution is 0.208. The minimum atomic E-state index is -0.269. The summed E-state index contributed by atoms with van der Waals surface area (Å²) in [5.41, 5.74) is 2.04. The molecule has 3 rings (SSSR count). The molecule has 0 bridgehead atoms. The monoisotopic (exact) mass is 359 g/mol.